The quantitative estimate of drug-likeness (QED) is 0.190. The lowest BCUT2D eigenvalue weighted by atomic mass is 9.87. The summed E-state index contributed by atoms with van der Waals surface area (Å²) in [5.74, 6) is 0.290. The highest BCUT2D eigenvalue weighted by Gasteiger charge is 2.25. The number of anilines is 3. The maximum atomic E-state index is 13.7. The van der Waals surface area contributed by atoms with E-state index in [4.69, 9.17) is 13.8 Å². The first-order chi connectivity index (χ1) is 21.6. The van der Waals surface area contributed by atoms with Crippen LogP contribution in [-0.4, -0.2) is 4.98 Å². The zero-order valence-corrected chi connectivity index (χ0v) is 27.0. The van der Waals surface area contributed by atoms with Crippen LogP contribution in [0.15, 0.2) is 86.4 Å². The molecule has 0 unspecified atom stereocenters. The van der Waals surface area contributed by atoms with E-state index in [2.05, 4.69) is 95.8 Å². The summed E-state index contributed by atoms with van der Waals surface area (Å²) in [6.45, 7) is 16.9. The van der Waals surface area contributed by atoms with Gasteiger partial charge in [0.05, 0.1) is 0 Å². The van der Waals surface area contributed by atoms with Crippen molar-refractivity contribution in [1.29, 1.82) is 0 Å². The average molecular weight is 593 g/mol. The molecule has 5 aromatic carbocycles. The molecule has 7 aromatic rings. The number of para-hydroxylation sites is 1. The molecule has 0 aliphatic heterocycles. The van der Waals surface area contributed by atoms with E-state index in [1.807, 2.05) is 37.3 Å². The number of oxazole rings is 1. The molecule has 0 fully saturated rings. The first kappa shape index (κ1) is 28.6. The van der Waals surface area contributed by atoms with Gasteiger partial charge in [-0.2, -0.15) is 0 Å². The van der Waals surface area contributed by atoms with Crippen molar-refractivity contribution in [2.24, 2.45) is 0 Å². The summed E-state index contributed by atoms with van der Waals surface area (Å²) in [7, 11) is 0. The minimum Gasteiger partial charge on any atom is -0.435 e. The van der Waals surface area contributed by atoms with Crippen LogP contribution >= 0.6 is 0 Å². The fraction of sp³-hybridized carbons (Fsp3) is 0.200. The smallest absolute Gasteiger partial charge is 0.349 e. The van der Waals surface area contributed by atoms with Crippen LogP contribution in [0.3, 0.4) is 0 Å². The highest BCUT2D eigenvalue weighted by atomic mass is 16.4. The Morgan fingerprint density at radius 2 is 1.18 bits per heavy atom. The molecule has 0 radical (unpaired) electrons. The summed E-state index contributed by atoms with van der Waals surface area (Å²) in [4.78, 5) is 20.8. The summed E-state index contributed by atoms with van der Waals surface area (Å²) in [6, 6.07) is 24.6. The molecule has 0 saturated carbocycles. The van der Waals surface area contributed by atoms with Gasteiger partial charge in [0.25, 0.3) is 0 Å². The Hall–Kier alpha value is -5.16. The molecule has 0 bridgehead atoms. The molecule has 2 aromatic heterocycles. The number of aromatic nitrogens is 1. The highest BCUT2D eigenvalue weighted by Crippen LogP contribution is 2.41. The van der Waals surface area contributed by atoms with Gasteiger partial charge in [-0.05, 0) is 136 Å². The van der Waals surface area contributed by atoms with Crippen LogP contribution in [0.25, 0.3) is 44.3 Å². The van der Waals surface area contributed by atoms with E-state index in [0.717, 1.165) is 50.1 Å². The number of aryl methyl sites for hydroxylation is 6. The first-order valence-electron chi connectivity index (χ1n) is 15.4. The third kappa shape index (κ3) is 4.37. The minimum absolute atomic E-state index is 0.290. The number of rotatable bonds is 4. The zero-order chi connectivity index (χ0) is 31.7. The lowest BCUT2D eigenvalue weighted by Crippen LogP contribution is -2.11. The molecule has 0 saturated heterocycles. The standard InChI is InChI=1S/C40H36N2O3/c1-21-14-16-30(17-15-21)42(29-12-10-9-11-13-29)31-18-19-32-28(8)36(40(43)44-33(32)20-31)39-41-37-27(7)26(6)34-24(4)22(2)23(3)25(5)35(34)38(37)45-39/h9-20H,1-8H3. The van der Waals surface area contributed by atoms with Crippen LogP contribution in [0.4, 0.5) is 17.1 Å². The number of fused-ring (bicyclic) bond motifs is 4. The van der Waals surface area contributed by atoms with Crippen molar-refractivity contribution in [3.8, 4) is 11.5 Å². The van der Waals surface area contributed by atoms with E-state index in [0.29, 0.717) is 11.1 Å². The van der Waals surface area contributed by atoms with Crippen molar-refractivity contribution in [3.63, 3.8) is 0 Å². The Labute approximate surface area is 262 Å². The second kappa shape index (κ2) is 10.5. The fourth-order valence-corrected chi connectivity index (χ4v) is 6.73. The molecule has 224 valence electrons. The second-order valence-electron chi connectivity index (χ2n) is 12.3. The van der Waals surface area contributed by atoms with Crippen molar-refractivity contribution in [2.75, 3.05) is 4.90 Å². The van der Waals surface area contributed by atoms with E-state index in [1.54, 1.807) is 0 Å². The topological polar surface area (TPSA) is 59.5 Å². The summed E-state index contributed by atoms with van der Waals surface area (Å²) < 4.78 is 12.6. The van der Waals surface area contributed by atoms with Crippen LogP contribution in [0.5, 0.6) is 0 Å². The number of hydrogen-bond donors (Lipinski definition) is 0. The maximum Gasteiger partial charge on any atom is 0.349 e. The molecular weight excluding hydrogens is 556 g/mol. The molecule has 0 aliphatic carbocycles. The van der Waals surface area contributed by atoms with E-state index in [1.165, 1.54) is 38.8 Å². The monoisotopic (exact) mass is 592 g/mol. The van der Waals surface area contributed by atoms with E-state index in [9.17, 15) is 4.79 Å². The van der Waals surface area contributed by atoms with Gasteiger partial charge < -0.3 is 13.7 Å². The fourth-order valence-electron chi connectivity index (χ4n) is 6.73. The Kier molecular flexibility index (Phi) is 6.66. The van der Waals surface area contributed by atoms with E-state index < -0.39 is 5.63 Å². The molecule has 5 heteroatoms. The molecule has 0 amide bonds. The van der Waals surface area contributed by atoms with Crippen molar-refractivity contribution in [3.05, 3.63) is 128 Å². The van der Waals surface area contributed by atoms with Crippen LogP contribution in [0, 0.1) is 55.4 Å². The molecule has 0 spiro atoms. The second-order valence-corrected chi connectivity index (χ2v) is 12.3. The summed E-state index contributed by atoms with van der Waals surface area (Å²) in [5, 5.41) is 3.11. The Bertz CT molecular complexity index is 2360. The Morgan fingerprint density at radius 3 is 1.87 bits per heavy atom. The molecule has 0 atom stereocenters. The Morgan fingerprint density at radius 1 is 0.578 bits per heavy atom. The molecule has 0 aliphatic rings. The van der Waals surface area contributed by atoms with Crippen LogP contribution in [0.1, 0.15) is 44.5 Å². The molecule has 7 rings (SSSR count). The van der Waals surface area contributed by atoms with Gasteiger partial charge >= 0.3 is 5.63 Å². The average Bonchev–Trinajstić information content (AvgIpc) is 3.47. The van der Waals surface area contributed by atoms with Crippen LogP contribution in [-0.2, 0) is 0 Å². The molecule has 5 nitrogen and oxygen atoms in total. The third-order valence-electron chi connectivity index (χ3n) is 9.76. The largest absolute Gasteiger partial charge is 0.435 e. The number of hydrogen-bond acceptors (Lipinski definition) is 5. The summed E-state index contributed by atoms with van der Waals surface area (Å²) >= 11 is 0. The molecule has 45 heavy (non-hydrogen) atoms. The van der Waals surface area contributed by atoms with Gasteiger partial charge in [-0.15, -0.1) is 0 Å². The summed E-state index contributed by atoms with van der Waals surface area (Å²) in [6.07, 6.45) is 0. The first-order valence-corrected chi connectivity index (χ1v) is 15.4. The predicted octanol–water partition coefficient (Wildman–Crippen LogP) is 10.7. The number of nitrogens with zero attached hydrogens (tertiary/aromatic N) is 2. The number of benzene rings is 5. The van der Waals surface area contributed by atoms with Crippen molar-refractivity contribution < 1.29 is 8.83 Å². The lowest BCUT2D eigenvalue weighted by Gasteiger charge is -2.25. The Balaban J connectivity index is 1.43. The van der Waals surface area contributed by atoms with Gasteiger partial charge in [0.1, 0.15) is 16.7 Å². The van der Waals surface area contributed by atoms with Crippen LogP contribution in [0.2, 0.25) is 0 Å². The van der Waals surface area contributed by atoms with E-state index in [-0.39, 0.29) is 5.89 Å². The van der Waals surface area contributed by atoms with Crippen molar-refractivity contribution in [2.45, 2.75) is 55.4 Å². The minimum atomic E-state index is -0.469. The maximum absolute atomic E-state index is 13.7. The van der Waals surface area contributed by atoms with Gasteiger partial charge in [0.15, 0.2) is 5.58 Å². The zero-order valence-electron chi connectivity index (χ0n) is 27.0. The molecular formula is C40H36N2O3. The summed E-state index contributed by atoms with van der Waals surface area (Å²) in [5.41, 5.74) is 14.0. The highest BCUT2D eigenvalue weighted by molar-refractivity contribution is 6.10. The van der Waals surface area contributed by atoms with Crippen molar-refractivity contribution in [1.82, 2.24) is 4.98 Å². The van der Waals surface area contributed by atoms with Gasteiger partial charge in [-0.3, -0.25) is 0 Å². The van der Waals surface area contributed by atoms with E-state index >= 15 is 0 Å². The van der Waals surface area contributed by atoms with Crippen molar-refractivity contribution >= 4 is 49.9 Å². The third-order valence-corrected chi connectivity index (χ3v) is 9.76. The lowest BCUT2D eigenvalue weighted by molar-refractivity contribution is 0.552. The van der Waals surface area contributed by atoms with Gasteiger partial charge in [0, 0.05) is 33.9 Å². The normalized spacial score (nSPS) is 11.6. The molecule has 2 heterocycles. The van der Waals surface area contributed by atoms with Gasteiger partial charge in [-0.1, -0.05) is 35.9 Å². The van der Waals surface area contributed by atoms with Gasteiger partial charge in [0.2, 0.25) is 5.89 Å². The molecule has 0 N–H and O–H groups in total. The van der Waals surface area contributed by atoms with Crippen LogP contribution < -0.4 is 10.5 Å². The SMILES string of the molecule is Cc1ccc(N(c2ccccc2)c2ccc3c(C)c(-c4nc5c(C)c(C)c6c(C)c(C)c(C)c(C)c6c5o4)c(=O)oc3c2)cc1. The predicted molar refractivity (Wildman–Crippen MR) is 186 cm³/mol. The van der Waals surface area contributed by atoms with Gasteiger partial charge in [-0.25, -0.2) is 9.78 Å².